The minimum absolute atomic E-state index is 0.0810. The molecule has 9 heteroatoms. The van der Waals surface area contributed by atoms with Gasteiger partial charge in [0.05, 0.1) is 29.6 Å². The molecule has 3 aliphatic heterocycles. The minimum Gasteiger partial charge on any atom is -0.396 e. The third kappa shape index (κ3) is 4.16. The first-order valence-corrected chi connectivity index (χ1v) is 18.4. The Bertz CT molecular complexity index is 1800. The van der Waals surface area contributed by atoms with E-state index in [-0.39, 0.29) is 31.4 Å². The Morgan fingerprint density at radius 2 is 1.74 bits per heavy atom. The SMILES string of the molecule is C[C@@H]1[C@@H]([Si](C)(C)F)[C@H](CCO)O[C@@]12C(=O)N(Cc1cccc(N3C(=O)c4cccc5cccc3c45)c1)c1ccc(Br)cc12. The summed E-state index contributed by atoms with van der Waals surface area (Å²) in [5, 5.41) is 11.8. The zero-order valence-corrected chi connectivity index (χ0v) is 26.8. The number of carbonyl (C=O) groups excluding carboxylic acids is 2. The van der Waals surface area contributed by atoms with E-state index in [9.17, 15) is 14.7 Å². The van der Waals surface area contributed by atoms with Crippen molar-refractivity contribution < 1.29 is 23.5 Å². The Balaban J connectivity index is 1.27. The lowest BCUT2D eigenvalue weighted by Crippen LogP contribution is -2.45. The molecule has 43 heavy (non-hydrogen) atoms. The van der Waals surface area contributed by atoms with E-state index in [2.05, 4.69) is 15.9 Å². The van der Waals surface area contributed by atoms with Crippen LogP contribution < -0.4 is 9.80 Å². The van der Waals surface area contributed by atoms with Crippen molar-refractivity contribution >= 4 is 64.0 Å². The number of ether oxygens (including phenoxy) is 1. The van der Waals surface area contributed by atoms with Crippen LogP contribution in [0.4, 0.5) is 21.2 Å². The third-order valence-electron chi connectivity index (χ3n) is 9.40. The number of fused-ring (bicyclic) bond motifs is 2. The summed E-state index contributed by atoms with van der Waals surface area (Å²) >= 11 is 3.57. The second-order valence-corrected chi connectivity index (χ2v) is 17.0. The standard InChI is InChI=1S/C34H32BrFN2O4Si/c1-20-31(43(2,3)36)29(15-16-39)42-34(20)26-18-23(35)13-14-27(26)37(33(34)41)19-21-7-4-10-24(17-21)38-28-12-6-9-22-8-5-11-25(30(22)28)32(38)40/h4-14,17-18,20,29,31,39H,15-16,19H2,1-3H3/t20-,29+,31-,34+/m1/s1. The van der Waals surface area contributed by atoms with Crippen LogP contribution in [0, 0.1) is 5.92 Å². The molecule has 0 radical (unpaired) electrons. The zero-order valence-electron chi connectivity index (χ0n) is 24.2. The monoisotopic (exact) mass is 658 g/mol. The highest BCUT2D eigenvalue weighted by atomic mass is 79.9. The van der Waals surface area contributed by atoms with Crippen molar-refractivity contribution in [3.8, 4) is 0 Å². The number of carbonyl (C=O) groups is 2. The lowest BCUT2D eigenvalue weighted by Gasteiger charge is -2.31. The van der Waals surface area contributed by atoms with Gasteiger partial charge in [-0.2, -0.15) is 0 Å². The summed E-state index contributed by atoms with van der Waals surface area (Å²) in [6.45, 7) is 5.34. The van der Waals surface area contributed by atoms with Crippen molar-refractivity contribution in [2.24, 2.45) is 5.92 Å². The summed E-state index contributed by atoms with van der Waals surface area (Å²) in [5.74, 6) is -0.729. The van der Waals surface area contributed by atoms with Crippen LogP contribution in [0.2, 0.25) is 18.6 Å². The van der Waals surface area contributed by atoms with E-state index in [4.69, 9.17) is 4.74 Å². The number of aliphatic hydroxyl groups is 1. The van der Waals surface area contributed by atoms with E-state index < -0.39 is 31.6 Å². The molecule has 220 valence electrons. The molecule has 0 bridgehead atoms. The molecule has 2 amide bonds. The summed E-state index contributed by atoms with van der Waals surface area (Å²) in [4.78, 5) is 31.6. The van der Waals surface area contributed by atoms with Crippen molar-refractivity contribution in [1.29, 1.82) is 0 Å². The van der Waals surface area contributed by atoms with Crippen LogP contribution in [-0.4, -0.2) is 38.0 Å². The molecular formula is C34H32BrFN2O4Si. The number of hydrogen-bond donors (Lipinski definition) is 1. The van der Waals surface area contributed by atoms with Gasteiger partial charge < -0.3 is 18.9 Å². The smallest absolute Gasteiger partial charge is 0.264 e. The quantitative estimate of drug-likeness (QED) is 0.171. The fourth-order valence-electron chi connectivity index (χ4n) is 7.72. The normalized spacial score (nSPS) is 24.6. The second-order valence-electron chi connectivity index (χ2n) is 12.3. The third-order valence-corrected chi connectivity index (χ3v) is 12.4. The van der Waals surface area contributed by atoms with Gasteiger partial charge in [0.25, 0.3) is 11.8 Å². The van der Waals surface area contributed by atoms with Crippen LogP contribution in [0.15, 0.2) is 83.3 Å². The number of rotatable bonds is 6. The molecule has 1 fully saturated rings. The van der Waals surface area contributed by atoms with Crippen LogP contribution in [0.3, 0.4) is 0 Å². The molecule has 1 N–H and O–H groups in total. The topological polar surface area (TPSA) is 70.1 Å². The molecule has 0 aliphatic carbocycles. The molecule has 1 saturated heterocycles. The predicted molar refractivity (Wildman–Crippen MR) is 172 cm³/mol. The number of benzene rings is 4. The second kappa shape index (κ2) is 10.1. The first-order chi connectivity index (χ1) is 20.6. The van der Waals surface area contributed by atoms with Gasteiger partial charge in [-0.05, 0) is 72.9 Å². The Morgan fingerprint density at radius 3 is 2.49 bits per heavy atom. The molecule has 3 heterocycles. The molecule has 6 nitrogen and oxygen atoms in total. The Hall–Kier alpha value is -3.37. The first-order valence-electron chi connectivity index (χ1n) is 14.6. The number of hydrogen-bond acceptors (Lipinski definition) is 4. The van der Waals surface area contributed by atoms with Crippen molar-refractivity contribution in [2.75, 3.05) is 16.4 Å². The lowest BCUT2D eigenvalue weighted by molar-refractivity contribution is -0.146. The highest BCUT2D eigenvalue weighted by Gasteiger charge is 2.66. The number of nitrogens with zero attached hydrogens (tertiary/aromatic N) is 2. The molecule has 4 atom stereocenters. The molecule has 4 aromatic rings. The predicted octanol–water partition coefficient (Wildman–Crippen LogP) is 7.60. The molecule has 0 saturated carbocycles. The summed E-state index contributed by atoms with van der Waals surface area (Å²) in [6, 6.07) is 25.1. The van der Waals surface area contributed by atoms with Crippen molar-refractivity contribution in [3.63, 3.8) is 0 Å². The summed E-state index contributed by atoms with van der Waals surface area (Å²) < 4.78 is 23.2. The van der Waals surface area contributed by atoms with Gasteiger partial charge in [0.1, 0.15) is 0 Å². The van der Waals surface area contributed by atoms with E-state index in [1.165, 1.54) is 0 Å². The van der Waals surface area contributed by atoms with Crippen LogP contribution in [0.1, 0.15) is 34.8 Å². The van der Waals surface area contributed by atoms with Crippen molar-refractivity contribution in [2.45, 2.75) is 50.2 Å². The van der Waals surface area contributed by atoms with Crippen molar-refractivity contribution in [1.82, 2.24) is 0 Å². The molecule has 0 aromatic heterocycles. The largest absolute Gasteiger partial charge is 0.396 e. The highest BCUT2D eigenvalue weighted by Crippen LogP contribution is 2.60. The Morgan fingerprint density at radius 1 is 1.00 bits per heavy atom. The maximum absolute atomic E-state index is 15.8. The lowest BCUT2D eigenvalue weighted by atomic mass is 9.82. The molecule has 3 aliphatic rings. The van der Waals surface area contributed by atoms with Gasteiger partial charge in [-0.15, -0.1) is 0 Å². The highest BCUT2D eigenvalue weighted by molar-refractivity contribution is 9.10. The van der Waals surface area contributed by atoms with Gasteiger partial charge in [0.2, 0.25) is 8.41 Å². The van der Waals surface area contributed by atoms with Crippen LogP contribution >= 0.6 is 15.9 Å². The molecular weight excluding hydrogens is 627 g/mol. The van der Waals surface area contributed by atoms with Gasteiger partial charge in [-0.25, -0.2) is 0 Å². The van der Waals surface area contributed by atoms with Crippen LogP contribution in [0.5, 0.6) is 0 Å². The van der Waals surface area contributed by atoms with E-state index in [1.807, 2.05) is 85.8 Å². The summed E-state index contributed by atoms with van der Waals surface area (Å²) in [6.07, 6.45) is -0.286. The average molecular weight is 660 g/mol. The number of anilines is 3. The van der Waals surface area contributed by atoms with Crippen LogP contribution in [-0.2, 0) is 21.7 Å². The van der Waals surface area contributed by atoms with Gasteiger partial charge in [0, 0.05) is 39.2 Å². The summed E-state index contributed by atoms with van der Waals surface area (Å²) in [7, 11) is -3.27. The Kier molecular flexibility index (Phi) is 6.66. The van der Waals surface area contributed by atoms with E-state index >= 15 is 4.11 Å². The number of halogens is 2. The maximum Gasteiger partial charge on any atom is 0.264 e. The van der Waals surface area contributed by atoms with E-state index in [0.29, 0.717) is 5.56 Å². The number of amides is 2. The minimum atomic E-state index is -3.27. The van der Waals surface area contributed by atoms with E-state index in [0.717, 1.165) is 43.4 Å². The van der Waals surface area contributed by atoms with E-state index in [1.54, 1.807) is 22.9 Å². The fourth-order valence-corrected chi connectivity index (χ4v) is 10.6. The van der Waals surface area contributed by atoms with Gasteiger partial charge in [-0.1, -0.05) is 59.3 Å². The molecule has 0 unspecified atom stereocenters. The Labute approximate surface area is 259 Å². The van der Waals surface area contributed by atoms with Gasteiger partial charge in [0.15, 0.2) is 5.60 Å². The summed E-state index contributed by atoms with van der Waals surface area (Å²) in [5.41, 5.74) is 2.73. The molecule has 1 spiro atoms. The van der Waals surface area contributed by atoms with Gasteiger partial charge >= 0.3 is 0 Å². The average Bonchev–Trinajstić information content (AvgIpc) is 3.52. The fraction of sp³-hybridized carbons (Fsp3) is 0.294. The number of aliphatic hydroxyl groups excluding tert-OH is 1. The first kappa shape index (κ1) is 28.4. The van der Waals surface area contributed by atoms with Crippen LogP contribution in [0.25, 0.3) is 10.8 Å². The maximum atomic E-state index is 15.8. The zero-order chi connectivity index (χ0) is 30.3. The van der Waals surface area contributed by atoms with Gasteiger partial charge in [-0.3, -0.25) is 14.5 Å². The van der Waals surface area contributed by atoms with Crippen molar-refractivity contribution in [3.05, 3.63) is 100 Å². The molecule has 4 aromatic carbocycles. The molecule has 7 rings (SSSR count).